The molecule has 2 aromatic rings. The highest BCUT2D eigenvalue weighted by atomic mass is 79.9. The van der Waals surface area contributed by atoms with Crippen molar-refractivity contribution in [2.24, 2.45) is 7.05 Å². The zero-order valence-corrected chi connectivity index (χ0v) is 13.7. The molecule has 0 bridgehead atoms. The van der Waals surface area contributed by atoms with Crippen LogP contribution in [0.25, 0.3) is 0 Å². The molecule has 19 heavy (non-hydrogen) atoms. The number of rotatable bonds is 5. The molecule has 0 saturated heterocycles. The van der Waals surface area contributed by atoms with Crippen molar-refractivity contribution in [2.45, 2.75) is 11.8 Å². The van der Waals surface area contributed by atoms with E-state index in [0.29, 0.717) is 22.6 Å². The van der Waals surface area contributed by atoms with Gasteiger partial charge in [0.2, 0.25) is 0 Å². The van der Waals surface area contributed by atoms with E-state index in [9.17, 15) is 4.39 Å². The van der Waals surface area contributed by atoms with Crippen LogP contribution in [0.5, 0.6) is 0 Å². The molecule has 0 radical (unpaired) electrons. The Bertz CT molecular complexity index is 552. The van der Waals surface area contributed by atoms with Crippen molar-refractivity contribution in [1.29, 1.82) is 0 Å². The van der Waals surface area contributed by atoms with Gasteiger partial charge in [0.25, 0.3) is 0 Å². The Morgan fingerprint density at radius 3 is 2.47 bits per heavy atom. The molecular formula is C13H14Br2FN3. The van der Waals surface area contributed by atoms with E-state index in [0.717, 1.165) is 5.69 Å². The van der Waals surface area contributed by atoms with Gasteiger partial charge in [0.1, 0.15) is 5.82 Å². The minimum atomic E-state index is -0.374. The van der Waals surface area contributed by atoms with Gasteiger partial charge in [-0.3, -0.25) is 4.68 Å². The fraction of sp³-hybridized carbons (Fsp3) is 0.385. The van der Waals surface area contributed by atoms with E-state index in [1.54, 1.807) is 10.7 Å². The Morgan fingerprint density at radius 2 is 1.95 bits per heavy atom. The first kappa shape index (κ1) is 14.7. The molecule has 1 aromatic carbocycles. The number of hydrogen-bond acceptors (Lipinski definition) is 2. The van der Waals surface area contributed by atoms with Gasteiger partial charge < -0.3 is 0 Å². The zero-order chi connectivity index (χ0) is 13.9. The second-order valence-electron chi connectivity index (χ2n) is 4.59. The summed E-state index contributed by atoms with van der Waals surface area (Å²) in [7, 11) is 1.82. The van der Waals surface area contributed by atoms with Gasteiger partial charge in [-0.1, -0.05) is 55.3 Å². The van der Waals surface area contributed by atoms with Crippen LogP contribution < -0.4 is 0 Å². The number of hydrogen-bond donors (Lipinski definition) is 0. The van der Waals surface area contributed by atoms with E-state index in [-0.39, 0.29) is 11.2 Å². The molecule has 0 saturated carbocycles. The summed E-state index contributed by atoms with van der Waals surface area (Å²) >= 11 is 7.03. The van der Waals surface area contributed by atoms with Gasteiger partial charge in [-0.15, -0.1) is 5.10 Å². The van der Waals surface area contributed by atoms with Crippen LogP contribution in [-0.2, 0) is 18.9 Å². The molecule has 0 atom stereocenters. The van der Waals surface area contributed by atoms with Crippen molar-refractivity contribution in [2.75, 3.05) is 10.7 Å². The highest BCUT2D eigenvalue weighted by Gasteiger charge is 2.33. The van der Waals surface area contributed by atoms with E-state index in [4.69, 9.17) is 0 Å². The summed E-state index contributed by atoms with van der Waals surface area (Å²) in [6, 6.07) is 6.88. The molecule has 102 valence electrons. The molecule has 1 heterocycles. The van der Waals surface area contributed by atoms with Crippen molar-refractivity contribution in [3.8, 4) is 0 Å². The summed E-state index contributed by atoms with van der Waals surface area (Å²) in [6.07, 6.45) is 2.49. The molecule has 0 N–H and O–H groups in total. The maximum Gasteiger partial charge on any atom is 0.127 e. The lowest BCUT2D eigenvalue weighted by molar-refractivity contribution is 0.496. The minimum absolute atomic E-state index is 0.190. The summed E-state index contributed by atoms with van der Waals surface area (Å²) in [6.45, 7) is 0. The van der Waals surface area contributed by atoms with E-state index < -0.39 is 0 Å². The van der Waals surface area contributed by atoms with Crippen LogP contribution in [0.3, 0.4) is 0 Å². The first-order valence-corrected chi connectivity index (χ1v) is 8.08. The maximum atomic E-state index is 14.1. The van der Waals surface area contributed by atoms with Gasteiger partial charge in [0.05, 0.1) is 5.69 Å². The highest BCUT2D eigenvalue weighted by molar-refractivity contribution is 9.09. The Hall–Kier alpha value is -0.750. The Labute approximate surface area is 128 Å². The first-order valence-electron chi connectivity index (χ1n) is 5.83. The van der Waals surface area contributed by atoms with Crippen molar-refractivity contribution < 1.29 is 4.39 Å². The Morgan fingerprint density at radius 1 is 1.26 bits per heavy atom. The van der Waals surface area contributed by atoms with Gasteiger partial charge in [0, 0.05) is 35.7 Å². The lowest BCUT2D eigenvalue weighted by atomic mass is 9.80. The molecule has 0 aliphatic carbocycles. The molecule has 0 spiro atoms. The number of aromatic nitrogens is 3. The van der Waals surface area contributed by atoms with Gasteiger partial charge in [-0.2, -0.15) is 0 Å². The fourth-order valence-electron chi connectivity index (χ4n) is 2.08. The largest absolute Gasteiger partial charge is 0.255 e. The molecule has 1 aromatic heterocycles. The average molecular weight is 391 g/mol. The highest BCUT2D eigenvalue weighted by Crippen LogP contribution is 2.33. The summed E-state index contributed by atoms with van der Waals surface area (Å²) in [5.41, 5.74) is 1.17. The van der Waals surface area contributed by atoms with Crippen LogP contribution in [0.1, 0.15) is 11.3 Å². The van der Waals surface area contributed by atoms with Gasteiger partial charge in [-0.05, 0) is 11.6 Å². The standard InChI is InChI=1S/C13H14Br2FN3/c1-19-7-10(17-18-19)6-13(8-14,9-15)11-4-2-3-5-12(11)16/h2-5,7H,6,8-9H2,1H3. The molecular weight excluding hydrogens is 377 g/mol. The van der Waals surface area contributed by atoms with Gasteiger partial charge >= 0.3 is 0 Å². The van der Waals surface area contributed by atoms with Crippen LogP contribution in [0.4, 0.5) is 4.39 Å². The fourth-order valence-corrected chi connectivity index (χ4v) is 4.01. The topological polar surface area (TPSA) is 30.7 Å². The maximum absolute atomic E-state index is 14.1. The van der Waals surface area contributed by atoms with Crippen LogP contribution in [-0.4, -0.2) is 25.7 Å². The number of benzene rings is 1. The van der Waals surface area contributed by atoms with Crippen molar-refractivity contribution in [3.05, 3.63) is 47.5 Å². The molecule has 2 rings (SSSR count). The third-order valence-corrected chi connectivity index (χ3v) is 5.27. The van der Waals surface area contributed by atoms with Crippen LogP contribution in [0.2, 0.25) is 0 Å². The van der Waals surface area contributed by atoms with Crippen LogP contribution in [0.15, 0.2) is 30.5 Å². The lowest BCUT2D eigenvalue weighted by Gasteiger charge is -2.30. The number of alkyl halides is 2. The van der Waals surface area contributed by atoms with Gasteiger partial charge in [0.15, 0.2) is 0 Å². The van der Waals surface area contributed by atoms with E-state index in [2.05, 4.69) is 42.2 Å². The third kappa shape index (κ3) is 3.05. The molecule has 3 nitrogen and oxygen atoms in total. The molecule has 0 fully saturated rings. The zero-order valence-electron chi connectivity index (χ0n) is 10.5. The number of nitrogens with zero attached hydrogens (tertiary/aromatic N) is 3. The Kier molecular flexibility index (Phi) is 4.73. The Balaban J connectivity index is 2.40. The third-order valence-electron chi connectivity index (χ3n) is 3.13. The number of halogens is 3. The van der Waals surface area contributed by atoms with Gasteiger partial charge in [-0.25, -0.2) is 4.39 Å². The van der Waals surface area contributed by atoms with Crippen LogP contribution in [0, 0.1) is 5.82 Å². The van der Waals surface area contributed by atoms with E-state index >= 15 is 0 Å². The molecule has 0 amide bonds. The predicted molar refractivity (Wildman–Crippen MR) is 80.4 cm³/mol. The lowest BCUT2D eigenvalue weighted by Crippen LogP contribution is -2.34. The minimum Gasteiger partial charge on any atom is -0.255 e. The van der Waals surface area contributed by atoms with Crippen molar-refractivity contribution >= 4 is 31.9 Å². The second-order valence-corrected chi connectivity index (χ2v) is 5.71. The molecule has 0 aliphatic rings. The SMILES string of the molecule is Cn1cc(CC(CBr)(CBr)c2ccccc2F)nn1. The monoisotopic (exact) mass is 389 g/mol. The van der Waals surface area contributed by atoms with Crippen molar-refractivity contribution in [1.82, 2.24) is 15.0 Å². The summed E-state index contributed by atoms with van der Waals surface area (Å²) < 4.78 is 15.7. The first-order chi connectivity index (χ1) is 9.11. The molecule has 0 aliphatic heterocycles. The van der Waals surface area contributed by atoms with E-state index in [1.807, 2.05) is 25.4 Å². The summed E-state index contributed by atoms with van der Waals surface area (Å²) in [5, 5.41) is 9.31. The van der Waals surface area contributed by atoms with E-state index in [1.165, 1.54) is 6.07 Å². The summed E-state index contributed by atoms with van der Waals surface area (Å²) in [4.78, 5) is 0. The van der Waals surface area contributed by atoms with Crippen LogP contribution >= 0.6 is 31.9 Å². The quantitative estimate of drug-likeness (QED) is 0.734. The van der Waals surface area contributed by atoms with Crippen molar-refractivity contribution in [3.63, 3.8) is 0 Å². The number of aryl methyl sites for hydroxylation is 1. The average Bonchev–Trinajstić information content (AvgIpc) is 2.82. The second kappa shape index (κ2) is 6.13. The summed E-state index contributed by atoms with van der Waals surface area (Å²) in [5.74, 6) is -0.190. The smallest absolute Gasteiger partial charge is 0.127 e. The predicted octanol–water partition coefficient (Wildman–Crippen LogP) is 3.22. The molecule has 6 heteroatoms. The molecule has 0 unspecified atom stereocenters. The normalized spacial score (nSPS) is 11.8.